The van der Waals surface area contributed by atoms with Crippen LogP contribution < -0.4 is 14.2 Å². The van der Waals surface area contributed by atoms with Gasteiger partial charge in [-0.05, 0) is 48.5 Å². The third-order valence-corrected chi connectivity index (χ3v) is 6.16. The molecule has 29 heavy (non-hydrogen) atoms. The maximum Gasteiger partial charge on any atom is 0.318 e. The molecule has 0 spiro atoms. The average molecular weight is 444 g/mol. The van der Waals surface area contributed by atoms with Gasteiger partial charge in [-0.25, -0.2) is 16.8 Å². The van der Waals surface area contributed by atoms with Crippen molar-refractivity contribution in [3.05, 3.63) is 48.5 Å². The lowest BCUT2D eigenvalue weighted by Crippen LogP contribution is -2.29. The van der Waals surface area contributed by atoms with Crippen molar-refractivity contribution in [2.75, 3.05) is 13.1 Å². The molecule has 0 amide bonds. The summed E-state index contributed by atoms with van der Waals surface area (Å²) < 4.78 is 57.0. The number of aliphatic carboxylic acids is 2. The predicted octanol–water partition coefficient (Wildman–Crippen LogP) is 0.205. The average Bonchev–Trinajstić information content (AvgIpc) is 2.66. The first-order valence-electron chi connectivity index (χ1n) is 7.80. The molecular formula is C16H16N2O9S2. The van der Waals surface area contributed by atoms with E-state index in [0.29, 0.717) is 0 Å². The third kappa shape index (κ3) is 6.53. The first kappa shape index (κ1) is 22.3. The molecule has 4 N–H and O–H groups in total. The van der Waals surface area contributed by atoms with Crippen molar-refractivity contribution in [3.63, 3.8) is 0 Å². The summed E-state index contributed by atoms with van der Waals surface area (Å²) in [5.74, 6) is -2.14. The lowest BCUT2D eigenvalue weighted by Gasteiger charge is -2.09. The summed E-state index contributed by atoms with van der Waals surface area (Å²) in [4.78, 5) is 20.6. The van der Waals surface area contributed by atoms with Gasteiger partial charge in [0.25, 0.3) is 0 Å². The van der Waals surface area contributed by atoms with Gasteiger partial charge in [-0.15, -0.1) is 0 Å². The Bertz CT molecular complexity index is 1000. The van der Waals surface area contributed by atoms with E-state index < -0.39 is 45.1 Å². The van der Waals surface area contributed by atoms with E-state index >= 15 is 0 Å². The summed E-state index contributed by atoms with van der Waals surface area (Å²) in [6.07, 6.45) is 0. The van der Waals surface area contributed by atoms with Crippen molar-refractivity contribution in [2.45, 2.75) is 9.79 Å². The second kappa shape index (κ2) is 9.00. The number of ether oxygens (including phenoxy) is 1. The Morgan fingerprint density at radius 3 is 1.28 bits per heavy atom. The summed E-state index contributed by atoms with van der Waals surface area (Å²) in [7, 11) is -7.96. The van der Waals surface area contributed by atoms with E-state index in [2.05, 4.69) is 0 Å². The van der Waals surface area contributed by atoms with E-state index in [1.165, 1.54) is 48.5 Å². The Kier molecular flexibility index (Phi) is 6.92. The molecule has 156 valence electrons. The Balaban J connectivity index is 2.07. The minimum absolute atomic E-state index is 0.156. The number of benzene rings is 2. The highest BCUT2D eigenvalue weighted by molar-refractivity contribution is 7.89. The summed E-state index contributed by atoms with van der Waals surface area (Å²) in [6, 6.07) is 10.2. The molecule has 0 aliphatic heterocycles. The van der Waals surface area contributed by atoms with Crippen LogP contribution in [0.25, 0.3) is 0 Å². The smallest absolute Gasteiger partial charge is 0.318 e. The molecule has 11 nitrogen and oxygen atoms in total. The van der Waals surface area contributed by atoms with E-state index in [-0.39, 0.29) is 21.3 Å². The van der Waals surface area contributed by atoms with Gasteiger partial charge >= 0.3 is 11.9 Å². The molecule has 2 aromatic carbocycles. The van der Waals surface area contributed by atoms with Gasteiger partial charge in [0.15, 0.2) is 0 Å². The van der Waals surface area contributed by atoms with Gasteiger partial charge in [0.2, 0.25) is 20.0 Å². The Hall–Kier alpha value is -3.00. The zero-order valence-electron chi connectivity index (χ0n) is 14.6. The fourth-order valence-corrected chi connectivity index (χ4v) is 3.94. The molecular weight excluding hydrogens is 428 g/mol. The molecule has 0 aliphatic carbocycles. The molecule has 0 atom stereocenters. The van der Waals surface area contributed by atoms with Crippen LogP contribution in [0.15, 0.2) is 58.3 Å². The van der Waals surface area contributed by atoms with Crippen molar-refractivity contribution in [1.82, 2.24) is 9.44 Å². The van der Waals surface area contributed by atoms with Crippen LogP contribution in [0, 0.1) is 0 Å². The minimum Gasteiger partial charge on any atom is -0.480 e. The minimum atomic E-state index is -3.98. The number of hydrogen-bond acceptors (Lipinski definition) is 7. The highest BCUT2D eigenvalue weighted by Gasteiger charge is 2.16. The largest absolute Gasteiger partial charge is 0.480 e. The van der Waals surface area contributed by atoms with Crippen molar-refractivity contribution < 1.29 is 41.4 Å². The number of carboxylic acids is 2. The van der Waals surface area contributed by atoms with Gasteiger partial charge in [0.1, 0.15) is 24.6 Å². The molecule has 13 heteroatoms. The molecule has 0 aromatic heterocycles. The lowest BCUT2D eigenvalue weighted by molar-refractivity contribution is -0.136. The fourth-order valence-electron chi connectivity index (χ4n) is 1.99. The van der Waals surface area contributed by atoms with Crippen LogP contribution in [0.3, 0.4) is 0 Å². The van der Waals surface area contributed by atoms with Gasteiger partial charge in [-0.3, -0.25) is 9.59 Å². The lowest BCUT2D eigenvalue weighted by atomic mass is 10.3. The highest BCUT2D eigenvalue weighted by atomic mass is 32.2. The Morgan fingerprint density at radius 2 is 1.00 bits per heavy atom. The van der Waals surface area contributed by atoms with Crippen molar-refractivity contribution in [1.29, 1.82) is 0 Å². The quantitative estimate of drug-likeness (QED) is 0.399. The summed E-state index contributed by atoms with van der Waals surface area (Å²) in [5, 5.41) is 17.1. The standard InChI is InChI=1S/C16H16N2O9S2/c19-15(20)9-17-28(23,24)13-5-1-11(2-6-13)27-12-3-7-14(8-4-12)29(25,26)18-10-16(21)22/h1-8,17-18H,9-10H2,(H,19,20)(H,21,22). The molecule has 2 aromatic rings. The van der Waals surface area contributed by atoms with Crippen molar-refractivity contribution in [3.8, 4) is 11.5 Å². The van der Waals surface area contributed by atoms with E-state index in [0.717, 1.165) is 0 Å². The van der Waals surface area contributed by atoms with Crippen LogP contribution in [-0.4, -0.2) is 52.1 Å². The van der Waals surface area contributed by atoms with E-state index in [4.69, 9.17) is 14.9 Å². The maximum absolute atomic E-state index is 11.9. The maximum atomic E-state index is 11.9. The van der Waals surface area contributed by atoms with Crippen LogP contribution in [0.2, 0.25) is 0 Å². The monoisotopic (exact) mass is 444 g/mol. The van der Waals surface area contributed by atoms with Crippen LogP contribution in [0.1, 0.15) is 0 Å². The zero-order valence-corrected chi connectivity index (χ0v) is 16.2. The molecule has 0 unspecified atom stereocenters. The number of carboxylic acid groups (broad SMARTS) is 2. The normalized spacial score (nSPS) is 11.7. The molecule has 0 fully saturated rings. The van der Waals surface area contributed by atoms with Crippen LogP contribution >= 0.6 is 0 Å². The van der Waals surface area contributed by atoms with E-state index in [1.807, 2.05) is 9.44 Å². The van der Waals surface area contributed by atoms with E-state index in [9.17, 15) is 26.4 Å². The first-order valence-corrected chi connectivity index (χ1v) is 10.8. The molecule has 0 aliphatic rings. The second-order valence-corrected chi connectivity index (χ2v) is 9.02. The van der Waals surface area contributed by atoms with Gasteiger partial charge in [0, 0.05) is 0 Å². The Morgan fingerprint density at radius 1 is 0.690 bits per heavy atom. The third-order valence-electron chi connectivity index (χ3n) is 3.33. The zero-order chi connectivity index (χ0) is 21.7. The second-order valence-electron chi connectivity index (χ2n) is 5.48. The van der Waals surface area contributed by atoms with Gasteiger partial charge in [0.05, 0.1) is 9.79 Å². The number of carbonyl (C=O) groups is 2. The number of sulfonamides is 2. The van der Waals surface area contributed by atoms with Crippen LogP contribution in [0.4, 0.5) is 0 Å². The highest BCUT2D eigenvalue weighted by Crippen LogP contribution is 2.24. The number of rotatable bonds is 10. The molecule has 2 rings (SSSR count). The van der Waals surface area contributed by atoms with E-state index in [1.54, 1.807) is 0 Å². The van der Waals surface area contributed by atoms with Crippen molar-refractivity contribution in [2.24, 2.45) is 0 Å². The topological polar surface area (TPSA) is 176 Å². The van der Waals surface area contributed by atoms with Gasteiger partial charge in [-0.2, -0.15) is 9.44 Å². The molecule has 0 radical (unpaired) electrons. The Labute approximate surface area is 166 Å². The predicted molar refractivity (Wildman–Crippen MR) is 98.6 cm³/mol. The van der Waals surface area contributed by atoms with Gasteiger partial charge < -0.3 is 14.9 Å². The molecule has 0 saturated carbocycles. The SMILES string of the molecule is O=C(O)CNS(=O)(=O)c1ccc(Oc2ccc(S(=O)(=O)NCC(=O)O)cc2)cc1. The fraction of sp³-hybridized carbons (Fsp3) is 0.125. The summed E-state index contributed by atoms with van der Waals surface area (Å²) >= 11 is 0. The van der Waals surface area contributed by atoms with Crippen molar-refractivity contribution >= 4 is 32.0 Å². The molecule has 0 heterocycles. The number of hydrogen-bond donors (Lipinski definition) is 4. The molecule has 0 bridgehead atoms. The van der Waals surface area contributed by atoms with Crippen LogP contribution in [-0.2, 0) is 29.6 Å². The number of nitrogens with one attached hydrogen (secondary N) is 2. The molecule has 0 saturated heterocycles. The van der Waals surface area contributed by atoms with Gasteiger partial charge in [-0.1, -0.05) is 0 Å². The summed E-state index contributed by atoms with van der Waals surface area (Å²) in [5.41, 5.74) is 0. The summed E-state index contributed by atoms with van der Waals surface area (Å²) in [6.45, 7) is -1.51. The van der Waals surface area contributed by atoms with Crippen LogP contribution in [0.5, 0.6) is 11.5 Å². The first-order chi connectivity index (χ1) is 13.5.